The summed E-state index contributed by atoms with van der Waals surface area (Å²) in [6.07, 6.45) is 4.59. The number of benzene rings is 2. The van der Waals surface area contributed by atoms with E-state index in [1.807, 2.05) is 36.0 Å². The van der Waals surface area contributed by atoms with E-state index in [9.17, 15) is 0 Å². The summed E-state index contributed by atoms with van der Waals surface area (Å²) in [7, 11) is 4.81. The van der Waals surface area contributed by atoms with Crippen molar-refractivity contribution in [1.29, 1.82) is 0 Å². The van der Waals surface area contributed by atoms with Crippen LogP contribution in [0.2, 0.25) is 0 Å². The number of hydrogen-bond donors (Lipinski definition) is 2. The fourth-order valence-electron chi connectivity index (χ4n) is 3.30. The molecule has 0 amide bonds. The molecule has 0 atom stereocenters. The molecule has 3 aromatic rings. The minimum absolute atomic E-state index is 0. The van der Waals surface area contributed by atoms with Gasteiger partial charge in [0.2, 0.25) is 5.75 Å². The number of nitrogens with one attached hydrogen (secondary N) is 2. The van der Waals surface area contributed by atoms with E-state index in [-0.39, 0.29) is 24.0 Å². The van der Waals surface area contributed by atoms with Gasteiger partial charge in [0, 0.05) is 25.5 Å². The van der Waals surface area contributed by atoms with Crippen molar-refractivity contribution in [3.63, 3.8) is 0 Å². The van der Waals surface area contributed by atoms with Gasteiger partial charge < -0.3 is 24.8 Å². The summed E-state index contributed by atoms with van der Waals surface area (Å²) >= 11 is 0. The molecule has 1 aromatic heterocycles. The van der Waals surface area contributed by atoms with E-state index in [0.717, 1.165) is 36.7 Å². The Morgan fingerprint density at radius 3 is 2.21 bits per heavy atom. The molecule has 3 rings (SSSR count). The quantitative estimate of drug-likeness (QED) is 0.221. The molecule has 2 aromatic carbocycles. The molecule has 0 aliphatic rings. The maximum atomic E-state index is 5.43. The Kier molecular flexibility index (Phi) is 10.8. The van der Waals surface area contributed by atoms with Gasteiger partial charge in [-0.2, -0.15) is 5.10 Å². The van der Waals surface area contributed by atoms with Gasteiger partial charge in [0.1, 0.15) is 0 Å². The Morgan fingerprint density at radius 2 is 1.67 bits per heavy atom. The number of methoxy groups -OCH3 is 3. The SMILES string of the molecule is CCNC(=NCc1cc(OC)c(OC)c(OC)c1)NCCc1ccc(-n2cccn2)cc1.I. The summed E-state index contributed by atoms with van der Waals surface area (Å²) in [5, 5.41) is 10.9. The standard InChI is InChI=1S/C24H31N5O3.HI/c1-5-25-24(27-17-19-15-21(30-2)23(32-4)22(16-19)31-3)26-13-11-18-7-9-20(10-8-18)29-14-6-12-28-29;/h6-10,12,14-16H,5,11,13,17H2,1-4H3,(H2,25,26,27);1H. The number of guanidine groups is 1. The van der Waals surface area contributed by atoms with Gasteiger partial charge in [0.05, 0.1) is 33.6 Å². The van der Waals surface area contributed by atoms with Gasteiger partial charge in [-0.25, -0.2) is 9.67 Å². The average molecular weight is 565 g/mol. The van der Waals surface area contributed by atoms with Crippen molar-refractivity contribution in [2.75, 3.05) is 34.4 Å². The lowest BCUT2D eigenvalue weighted by molar-refractivity contribution is 0.324. The van der Waals surface area contributed by atoms with Crippen molar-refractivity contribution in [2.24, 2.45) is 4.99 Å². The molecule has 0 radical (unpaired) electrons. The van der Waals surface area contributed by atoms with E-state index >= 15 is 0 Å². The highest BCUT2D eigenvalue weighted by atomic mass is 127. The zero-order valence-corrected chi connectivity index (χ0v) is 21.8. The number of aliphatic imine (C=N–C) groups is 1. The van der Waals surface area contributed by atoms with Crippen LogP contribution in [0.25, 0.3) is 5.69 Å². The van der Waals surface area contributed by atoms with E-state index < -0.39 is 0 Å². The van der Waals surface area contributed by atoms with Gasteiger partial charge in [-0.05, 0) is 54.8 Å². The molecule has 0 fully saturated rings. The van der Waals surface area contributed by atoms with Gasteiger partial charge >= 0.3 is 0 Å². The highest BCUT2D eigenvalue weighted by molar-refractivity contribution is 14.0. The molecule has 9 heteroatoms. The van der Waals surface area contributed by atoms with Crippen molar-refractivity contribution < 1.29 is 14.2 Å². The number of hydrogen-bond acceptors (Lipinski definition) is 5. The van der Waals surface area contributed by atoms with Gasteiger partial charge in [-0.1, -0.05) is 12.1 Å². The molecule has 0 saturated heterocycles. The van der Waals surface area contributed by atoms with E-state index in [0.29, 0.717) is 23.8 Å². The van der Waals surface area contributed by atoms with E-state index in [2.05, 4.69) is 40.0 Å². The van der Waals surface area contributed by atoms with Crippen LogP contribution < -0.4 is 24.8 Å². The van der Waals surface area contributed by atoms with Crippen LogP contribution in [0.4, 0.5) is 0 Å². The highest BCUT2D eigenvalue weighted by Crippen LogP contribution is 2.38. The zero-order chi connectivity index (χ0) is 22.8. The van der Waals surface area contributed by atoms with Crippen LogP contribution in [0.15, 0.2) is 59.9 Å². The van der Waals surface area contributed by atoms with Crippen LogP contribution in [0.5, 0.6) is 17.2 Å². The second kappa shape index (κ2) is 13.6. The van der Waals surface area contributed by atoms with Crippen molar-refractivity contribution in [1.82, 2.24) is 20.4 Å². The molecule has 1 heterocycles. The smallest absolute Gasteiger partial charge is 0.203 e. The third kappa shape index (κ3) is 7.28. The third-order valence-electron chi connectivity index (χ3n) is 4.90. The lowest BCUT2D eigenvalue weighted by Gasteiger charge is -2.14. The molecule has 0 spiro atoms. The first-order chi connectivity index (χ1) is 15.7. The number of ether oxygens (including phenoxy) is 3. The molecule has 0 aliphatic carbocycles. The molecule has 0 aliphatic heterocycles. The maximum Gasteiger partial charge on any atom is 0.203 e. The predicted octanol–water partition coefficient (Wildman–Crippen LogP) is 3.81. The Balaban J connectivity index is 0.00000385. The van der Waals surface area contributed by atoms with Gasteiger partial charge in [-0.15, -0.1) is 24.0 Å². The maximum absolute atomic E-state index is 5.43. The fourth-order valence-corrected chi connectivity index (χ4v) is 3.30. The minimum Gasteiger partial charge on any atom is -0.493 e. The topological polar surface area (TPSA) is 81.9 Å². The molecule has 0 bridgehead atoms. The van der Waals surface area contributed by atoms with Crippen LogP contribution in [-0.2, 0) is 13.0 Å². The lowest BCUT2D eigenvalue weighted by Crippen LogP contribution is -2.38. The number of rotatable bonds is 10. The average Bonchev–Trinajstić information content (AvgIpc) is 3.37. The Morgan fingerprint density at radius 1 is 0.970 bits per heavy atom. The second-order valence-corrected chi connectivity index (χ2v) is 7.02. The summed E-state index contributed by atoms with van der Waals surface area (Å²) < 4.78 is 18.1. The Labute approximate surface area is 212 Å². The van der Waals surface area contributed by atoms with Crippen molar-refractivity contribution in [2.45, 2.75) is 19.9 Å². The van der Waals surface area contributed by atoms with Crippen molar-refractivity contribution >= 4 is 29.9 Å². The Bertz CT molecular complexity index is 982. The van der Waals surface area contributed by atoms with Crippen molar-refractivity contribution in [3.05, 3.63) is 66.0 Å². The number of nitrogens with zero attached hydrogens (tertiary/aromatic N) is 3. The summed E-state index contributed by atoms with van der Waals surface area (Å²) in [6, 6.07) is 14.1. The van der Waals surface area contributed by atoms with E-state index in [1.54, 1.807) is 27.5 Å². The fraction of sp³-hybridized carbons (Fsp3) is 0.333. The molecule has 0 saturated carbocycles. The summed E-state index contributed by atoms with van der Waals surface area (Å²) in [6.45, 7) is 4.07. The first-order valence-electron chi connectivity index (χ1n) is 10.6. The summed E-state index contributed by atoms with van der Waals surface area (Å²) in [5.74, 6) is 2.57. The monoisotopic (exact) mass is 565 g/mol. The molecular weight excluding hydrogens is 533 g/mol. The van der Waals surface area contributed by atoms with Gasteiger partial charge in [0.15, 0.2) is 17.5 Å². The Hall–Kier alpha value is -2.95. The normalized spacial score (nSPS) is 10.8. The lowest BCUT2D eigenvalue weighted by atomic mass is 10.1. The summed E-state index contributed by atoms with van der Waals surface area (Å²) in [5.41, 5.74) is 3.26. The summed E-state index contributed by atoms with van der Waals surface area (Å²) in [4.78, 5) is 4.70. The van der Waals surface area contributed by atoms with E-state index in [1.165, 1.54) is 5.56 Å². The number of aromatic nitrogens is 2. The van der Waals surface area contributed by atoms with Crippen LogP contribution in [0.3, 0.4) is 0 Å². The second-order valence-electron chi connectivity index (χ2n) is 7.02. The van der Waals surface area contributed by atoms with Crippen LogP contribution >= 0.6 is 24.0 Å². The van der Waals surface area contributed by atoms with Crippen LogP contribution in [0, 0.1) is 0 Å². The molecular formula is C24H32IN5O3. The van der Waals surface area contributed by atoms with E-state index in [4.69, 9.17) is 19.2 Å². The first-order valence-corrected chi connectivity index (χ1v) is 10.6. The van der Waals surface area contributed by atoms with Crippen molar-refractivity contribution in [3.8, 4) is 22.9 Å². The molecule has 0 unspecified atom stereocenters. The minimum atomic E-state index is 0. The molecule has 8 nitrogen and oxygen atoms in total. The molecule has 2 N–H and O–H groups in total. The molecule has 178 valence electrons. The third-order valence-corrected chi connectivity index (χ3v) is 4.90. The van der Waals surface area contributed by atoms with Gasteiger partial charge in [-0.3, -0.25) is 0 Å². The highest BCUT2D eigenvalue weighted by Gasteiger charge is 2.13. The van der Waals surface area contributed by atoms with Crippen LogP contribution in [-0.4, -0.2) is 50.2 Å². The molecule has 33 heavy (non-hydrogen) atoms. The zero-order valence-electron chi connectivity index (χ0n) is 19.5. The van der Waals surface area contributed by atoms with Gasteiger partial charge in [0.25, 0.3) is 0 Å². The van der Waals surface area contributed by atoms with Crippen LogP contribution in [0.1, 0.15) is 18.1 Å². The predicted molar refractivity (Wildman–Crippen MR) is 142 cm³/mol. The largest absolute Gasteiger partial charge is 0.493 e. The number of halogens is 1. The first kappa shape index (κ1) is 26.3.